The molecule has 6 radical (unpaired) electrons. The molecule has 29 heavy (non-hydrogen) atoms. The molecule has 2 aliphatic rings. The molecule has 0 aromatic carbocycles. The SMILES string of the molecule is C.CCC=O.CCN[C@@H]1CCN(C)C1.CN1CC[C@@H](N)C1.OO.[Ac].[Ac].[Ac].[B-]O.[Na+]. The summed E-state index contributed by atoms with van der Waals surface area (Å²) in [5.74, 6) is 0. The molecule has 0 aromatic rings. The Morgan fingerprint density at radius 1 is 1.03 bits per heavy atom. The maximum atomic E-state index is 9.17. The van der Waals surface area contributed by atoms with E-state index in [9.17, 15) is 4.79 Å². The minimum Gasteiger partial charge on any atom is -0.715 e. The first-order valence-corrected chi connectivity index (χ1v) is 8.28. The first kappa shape index (κ1) is 54.6. The van der Waals surface area contributed by atoms with Gasteiger partial charge in [-0.15, -0.1) is 0 Å². The van der Waals surface area contributed by atoms with Gasteiger partial charge >= 0.3 is 29.6 Å². The van der Waals surface area contributed by atoms with Crippen LogP contribution in [-0.4, -0.2) is 98.6 Å². The molecule has 2 atom stereocenters. The number of carbonyl (C=O) groups excluding carboxylic acids is 1. The molecule has 2 rings (SSSR count). The van der Waals surface area contributed by atoms with E-state index < -0.39 is 0 Å². The summed E-state index contributed by atoms with van der Waals surface area (Å²) in [6, 6.07) is 1.21. The number of nitrogens with two attached hydrogens (primary N) is 1. The van der Waals surface area contributed by atoms with Gasteiger partial charge in [0, 0.05) is 164 Å². The molecule has 6 N–H and O–H groups in total. The van der Waals surface area contributed by atoms with Crippen LogP contribution in [0, 0.1) is 132 Å². The van der Waals surface area contributed by atoms with Crippen molar-refractivity contribution in [1.29, 1.82) is 0 Å². The van der Waals surface area contributed by atoms with Crippen molar-refractivity contribution in [3.8, 4) is 0 Å². The summed E-state index contributed by atoms with van der Waals surface area (Å²) >= 11 is 0. The van der Waals surface area contributed by atoms with Crippen molar-refractivity contribution in [2.75, 3.05) is 46.8 Å². The van der Waals surface area contributed by atoms with Crippen LogP contribution in [-0.2, 0) is 4.79 Å². The van der Waals surface area contributed by atoms with Gasteiger partial charge in [-0.25, -0.2) is 0 Å². The van der Waals surface area contributed by atoms with Crippen LogP contribution >= 0.6 is 0 Å². The van der Waals surface area contributed by atoms with Crippen LogP contribution in [0.25, 0.3) is 0 Å². The summed E-state index contributed by atoms with van der Waals surface area (Å²) in [4.78, 5) is 13.8. The summed E-state index contributed by atoms with van der Waals surface area (Å²) in [7, 11) is 7.78. The molecule has 2 saturated heterocycles. The van der Waals surface area contributed by atoms with E-state index in [1.54, 1.807) is 0 Å². The molecule has 13 heteroatoms. The fourth-order valence-electron chi connectivity index (χ4n) is 2.36. The Balaban J connectivity index is -0.0000000337. The van der Waals surface area contributed by atoms with E-state index in [-0.39, 0.29) is 169 Å². The van der Waals surface area contributed by atoms with E-state index in [2.05, 4.69) is 44.2 Å². The predicted octanol–water partition coefficient (Wildman–Crippen LogP) is -2.74. The Kier molecular flexibility index (Phi) is 86.9. The number of nitrogens with zero attached hydrogens (tertiary/aromatic N) is 2. The fourth-order valence-corrected chi connectivity index (χ4v) is 2.36. The van der Waals surface area contributed by atoms with Crippen molar-refractivity contribution in [3.05, 3.63) is 0 Å². The van der Waals surface area contributed by atoms with Gasteiger partial charge in [0.05, 0.1) is 0 Å². The van der Waals surface area contributed by atoms with Crippen LogP contribution in [0.5, 0.6) is 0 Å². The van der Waals surface area contributed by atoms with Crippen molar-refractivity contribution in [2.24, 2.45) is 5.73 Å². The number of aldehydes is 1. The van der Waals surface area contributed by atoms with Gasteiger partial charge in [-0.3, -0.25) is 10.5 Å². The van der Waals surface area contributed by atoms with Crippen molar-refractivity contribution < 1.29 is 182 Å². The molecule has 0 aromatic heterocycles. The number of nitrogens with one attached hydrogen (secondary N) is 1. The first-order chi connectivity index (χ1) is 11.5. The molecule has 162 valence electrons. The second-order valence-electron chi connectivity index (χ2n) is 5.69. The van der Waals surface area contributed by atoms with Crippen LogP contribution in [0.4, 0.5) is 0 Å². The predicted molar refractivity (Wildman–Crippen MR) is 106 cm³/mol. The molecular weight excluding hydrogens is 1030 g/mol. The van der Waals surface area contributed by atoms with Gasteiger partial charge in [0.2, 0.25) is 0 Å². The van der Waals surface area contributed by atoms with Gasteiger partial charge in [-0.05, 0) is 46.6 Å². The Bertz CT molecular complexity index is 264. The van der Waals surface area contributed by atoms with Crippen molar-refractivity contribution >= 4 is 14.3 Å². The van der Waals surface area contributed by atoms with Gasteiger partial charge in [-0.2, -0.15) is 0 Å². The van der Waals surface area contributed by atoms with Gasteiger partial charge in [-0.1, -0.05) is 21.3 Å². The molecule has 2 fully saturated rings. The Labute approximate surface area is 310 Å². The van der Waals surface area contributed by atoms with Gasteiger partial charge in [0.1, 0.15) is 6.29 Å². The maximum absolute atomic E-state index is 9.17. The van der Waals surface area contributed by atoms with Gasteiger partial charge < -0.3 is 38.7 Å². The van der Waals surface area contributed by atoms with Crippen molar-refractivity contribution in [1.82, 2.24) is 15.1 Å². The second-order valence-corrected chi connectivity index (χ2v) is 5.69. The zero-order valence-corrected chi connectivity index (χ0v) is 34.7. The first-order valence-electron chi connectivity index (χ1n) is 8.28. The van der Waals surface area contributed by atoms with Gasteiger partial charge in [0.15, 0.2) is 0 Å². The van der Waals surface area contributed by atoms with Crippen molar-refractivity contribution in [3.63, 3.8) is 0 Å². The van der Waals surface area contributed by atoms with E-state index in [1.807, 2.05) is 6.92 Å². The standard InChI is InChI=1S/C7H16N2.C5H12N2.C3H6O.CH4.3Ac.BHO.Na.H2O2/c1-3-8-7-4-5-9(2)6-7;1-7-3-2-5(6)4-7;1-2-3-4;;;;;1-2;;1-2/h7-8H,3-6H2,1-2H3;5H,2-4,6H2,1H3;3H,2H2,1H3;1H4;;;;2H;;1-2H/q;;;;;;;-1;+1;/t7-;5-;;;;;;;;/m11......../s1. The summed E-state index contributed by atoms with van der Waals surface area (Å²) in [5, 5.41) is 21.9. The van der Waals surface area contributed by atoms with E-state index in [0.717, 1.165) is 25.4 Å². The Morgan fingerprint density at radius 2 is 1.41 bits per heavy atom. The van der Waals surface area contributed by atoms with Crippen LogP contribution in [0.3, 0.4) is 0 Å². The smallest absolute Gasteiger partial charge is 0.715 e. The van der Waals surface area contributed by atoms with Crippen LogP contribution in [0.15, 0.2) is 0 Å². The fraction of sp³-hybridized carbons (Fsp3) is 0.938. The van der Waals surface area contributed by atoms with E-state index >= 15 is 0 Å². The molecular formula is C16H41Ac3BN4NaO4. The number of likely N-dealkylation sites (tertiary alicyclic amines) is 2. The summed E-state index contributed by atoms with van der Waals surface area (Å²) in [5.41, 5.74) is 5.58. The molecule has 8 nitrogen and oxygen atoms in total. The molecule has 0 unspecified atom stereocenters. The minimum absolute atomic E-state index is 0. The van der Waals surface area contributed by atoms with Crippen LogP contribution < -0.4 is 40.6 Å². The minimum atomic E-state index is 0. The van der Waals surface area contributed by atoms with Crippen LogP contribution in [0.2, 0.25) is 0 Å². The number of hydrogen-bond donors (Lipinski definition) is 5. The number of hydrogen-bond acceptors (Lipinski definition) is 8. The van der Waals surface area contributed by atoms with E-state index in [4.69, 9.17) is 21.3 Å². The molecule has 2 heterocycles. The number of carbonyl (C=O) groups is 1. The largest absolute Gasteiger partial charge is 1.00 e. The van der Waals surface area contributed by atoms with E-state index in [0.29, 0.717) is 12.5 Å². The molecule has 0 aliphatic carbocycles. The van der Waals surface area contributed by atoms with E-state index in [1.165, 1.54) is 32.5 Å². The van der Waals surface area contributed by atoms with Gasteiger partial charge in [0.25, 0.3) is 0 Å². The number of rotatable bonds is 3. The third-order valence-electron chi connectivity index (χ3n) is 3.48. The topological polar surface area (TPSA) is 122 Å². The zero-order valence-electron chi connectivity index (χ0n) is 18.4. The Hall–Kier alpha value is 4.78. The average Bonchev–Trinajstić information content (AvgIpc) is 3.20. The third-order valence-corrected chi connectivity index (χ3v) is 3.48. The monoisotopic (exact) mass is 1070 g/mol. The quantitative estimate of drug-likeness (QED) is 0.0896. The molecule has 2 aliphatic heterocycles. The summed E-state index contributed by atoms with van der Waals surface area (Å²) in [6.07, 6.45) is 4.01. The van der Waals surface area contributed by atoms with Crippen LogP contribution in [0.1, 0.15) is 40.5 Å². The average molecular weight is 1070 g/mol. The van der Waals surface area contributed by atoms with Crippen molar-refractivity contribution in [2.45, 2.75) is 52.6 Å². The number of likely N-dealkylation sites (N-methyl/N-ethyl adjacent to an activating group) is 3. The zero-order chi connectivity index (χ0) is 19.4. The second kappa shape index (κ2) is 46.2. The third kappa shape index (κ3) is 43.3. The summed E-state index contributed by atoms with van der Waals surface area (Å²) in [6.45, 7) is 9.84. The molecule has 0 spiro atoms. The molecule has 0 bridgehead atoms. The maximum Gasteiger partial charge on any atom is 1.00 e. The molecule has 0 amide bonds. The summed E-state index contributed by atoms with van der Waals surface area (Å²) < 4.78 is 0. The normalized spacial score (nSPS) is 18.7. The molecule has 0 saturated carbocycles. The Morgan fingerprint density at radius 3 is 1.59 bits per heavy atom.